The first-order valence-electron chi connectivity index (χ1n) is 12.8. The summed E-state index contributed by atoms with van der Waals surface area (Å²) in [5, 5.41) is 3.35. The Morgan fingerprint density at radius 3 is 2.32 bits per heavy atom. The van der Waals surface area contributed by atoms with E-state index in [1.165, 1.54) is 56.9 Å². The molecule has 2 aromatic rings. The van der Waals surface area contributed by atoms with Crippen LogP contribution in [0.1, 0.15) is 77.0 Å². The fraction of sp³-hybridized carbons (Fsp3) is 0.692. The standard InChI is InChI=1S/C26H38N4O/c31-25(27-22-11-5-2-6-12-22)21-15-17-29(18-16-21)26-28-23-13-7-8-14-24(23)30(26)19-20-9-3-1-4-10-20/h7-8,13-14,20-22H,1-6,9-12,15-19H2,(H,27,31). The minimum atomic E-state index is 0.161. The molecule has 0 radical (unpaired) electrons. The number of carbonyl (C=O) groups is 1. The summed E-state index contributed by atoms with van der Waals surface area (Å²) in [6, 6.07) is 9.00. The van der Waals surface area contributed by atoms with Crippen LogP contribution in [0.5, 0.6) is 0 Å². The molecule has 2 saturated carbocycles. The van der Waals surface area contributed by atoms with Crippen LogP contribution in [0.3, 0.4) is 0 Å². The Bertz CT molecular complexity index is 871. The number of imidazole rings is 1. The number of amides is 1. The molecule has 2 heterocycles. The number of rotatable bonds is 5. The first-order chi connectivity index (χ1) is 15.3. The number of piperidine rings is 1. The van der Waals surface area contributed by atoms with Crippen molar-refractivity contribution in [2.45, 2.75) is 89.6 Å². The summed E-state index contributed by atoms with van der Waals surface area (Å²) in [5.74, 6) is 2.35. The van der Waals surface area contributed by atoms with Crippen LogP contribution in [-0.4, -0.2) is 34.6 Å². The zero-order valence-electron chi connectivity index (χ0n) is 18.9. The maximum Gasteiger partial charge on any atom is 0.223 e. The number of benzene rings is 1. The number of nitrogens with one attached hydrogen (secondary N) is 1. The van der Waals surface area contributed by atoms with E-state index in [1.807, 2.05) is 0 Å². The lowest BCUT2D eigenvalue weighted by Crippen LogP contribution is -2.45. The van der Waals surface area contributed by atoms with Gasteiger partial charge in [-0.15, -0.1) is 0 Å². The molecule has 3 aliphatic rings. The van der Waals surface area contributed by atoms with Crippen LogP contribution in [0, 0.1) is 11.8 Å². The molecule has 1 saturated heterocycles. The molecule has 1 aliphatic heterocycles. The van der Waals surface area contributed by atoms with Gasteiger partial charge in [0.2, 0.25) is 11.9 Å². The highest BCUT2D eigenvalue weighted by molar-refractivity contribution is 5.80. The van der Waals surface area contributed by atoms with Gasteiger partial charge in [0.25, 0.3) is 0 Å². The normalized spacial score (nSPS) is 22.1. The molecule has 5 heteroatoms. The third kappa shape index (κ3) is 4.75. The average Bonchev–Trinajstić information content (AvgIpc) is 3.19. The second kappa shape index (κ2) is 9.62. The van der Waals surface area contributed by atoms with E-state index in [1.54, 1.807) is 0 Å². The summed E-state index contributed by atoms with van der Waals surface area (Å²) < 4.78 is 2.48. The first-order valence-corrected chi connectivity index (χ1v) is 12.8. The lowest BCUT2D eigenvalue weighted by molar-refractivity contribution is -0.126. The van der Waals surface area contributed by atoms with Crippen molar-refractivity contribution in [2.75, 3.05) is 18.0 Å². The second-order valence-corrected chi connectivity index (χ2v) is 10.1. The molecule has 0 bridgehead atoms. The van der Waals surface area contributed by atoms with Crippen LogP contribution in [0.25, 0.3) is 11.0 Å². The van der Waals surface area contributed by atoms with Gasteiger partial charge in [-0.1, -0.05) is 50.7 Å². The van der Waals surface area contributed by atoms with Gasteiger partial charge in [-0.3, -0.25) is 4.79 Å². The van der Waals surface area contributed by atoms with Crippen molar-refractivity contribution in [1.29, 1.82) is 0 Å². The number of nitrogens with zero attached hydrogens (tertiary/aromatic N) is 3. The summed E-state index contributed by atoms with van der Waals surface area (Å²) in [7, 11) is 0. The van der Waals surface area contributed by atoms with Crippen LogP contribution < -0.4 is 10.2 Å². The molecule has 168 valence electrons. The number of anilines is 1. The van der Waals surface area contributed by atoms with E-state index < -0.39 is 0 Å². The van der Waals surface area contributed by atoms with E-state index in [-0.39, 0.29) is 5.92 Å². The zero-order valence-corrected chi connectivity index (χ0v) is 18.9. The first kappa shape index (κ1) is 20.8. The lowest BCUT2D eigenvalue weighted by atomic mass is 9.89. The largest absolute Gasteiger partial charge is 0.353 e. The van der Waals surface area contributed by atoms with Crippen LogP contribution in [0.15, 0.2) is 24.3 Å². The molecule has 1 aromatic heterocycles. The van der Waals surface area contributed by atoms with E-state index in [9.17, 15) is 4.79 Å². The van der Waals surface area contributed by atoms with Crippen molar-refractivity contribution in [3.05, 3.63) is 24.3 Å². The van der Waals surface area contributed by atoms with E-state index in [0.717, 1.165) is 62.7 Å². The Morgan fingerprint density at radius 2 is 1.58 bits per heavy atom. The highest BCUT2D eigenvalue weighted by Crippen LogP contribution is 2.31. The maximum absolute atomic E-state index is 12.8. The molecule has 0 spiro atoms. The van der Waals surface area contributed by atoms with Crippen LogP contribution in [0.2, 0.25) is 0 Å². The fourth-order valence-corrected chi connectivity index (χ4v) is 6.02. The Morgan fingerprint density at radius 1 is 0.903 bits per heavy atom. The van der Waals surface area contributed by atoms with Gasteiger partial charge >= 0.3 is 0 Å². The predicted octanol–water partition coefficient (Wildman–Crippen LogP) is 5.28. The number of para-hydroxylation sites is 2. The highest BCUT2D eigenvalue weighted by atomic mass is 16.1. The Hall–Kier alpha value is -2.04. The predicted molar refractivity (Wildman–Crippen MR) is 126 cm³/mol. The number of hydrogen-bond acceptors (Lipinski definition) is 3. The molecule has 0 unspecified atom stereocenters. The van der Waals surface area contributed by atoms with Gasteiger partial charge in [-0.25, -0.2) is 4.98 Å². The highest BCUT2D eigenvalue weighted by Gasteiger charge is 2.29. The molecule has 5 rings (SSSR count). The minimum Gasteiger partial charge on any atom is -0.353 e. The smallest absolute Gasteiger partial charge is 0.223 e. The molecular weight excluding hydrogens is 384 g/mol. The summed E-state index contributed by atoms with van der Waals surface area (Å²) in [5.41, 5.74) is 2.37. The van der Waals surface area contributed by atoms with Crippen molar-refractivity contribution < 1.29 is 4.79 Å². The van der Waals surface area contributed by atoms with E-state index in [0.29, 0.717) is 11.9 Å². The van der Waals surface area contributed by atoms with Crippen molar-refractivity contribution in [1.82, 2.24) is 14.9 Å². The average molecular weight is 423 g/mol. The number of hydrogen-bond donors (Lipinski definition) is 1. The van der Waals surface area contributed by atoms with Gasteiger partial charge in [0.05, 0.1) is 11.0 Å². The molecule has 3 fully saturated rings. The Balaban J connectivity index is 1.26. The fourth-order valence-electron chi connectivity index (χ4n) is 6.02. The van der Waals surface area contributed by atoms with Gasteiger partial charge in [0, 0.05) is 31.6 Å². The van der Waals surface area contributed by atoms with Crippen LogP contribution in [0.4, 0.5) is 5.95 Å². The van der Waals surface area contributed by atoms with Crippen molar-refractivity contribution in [2.24, 2.45) is 11.8 Å². The van der Waals surface area contributed by atoms with Gasteiger partial charge in [0.1, 0.15) is 0 Å². The van der Waals surface area contributed by atoms with Crippen LogP contribution >= 0.6 is 0 Å². The Kier molecular flexibility index (Phi) is 6.47. The summed E-state index contributed by atoms with van der Waals surface area (Å²) in [6.45, 7) is 2.94. The summed E-state index contributed by atoms with van der Waals surface area (Å²) >= 11 is 0. The van der Waals surface area contributed by atoms with Crippen molar-refractivity contribution >= 4 is 22.9 Å². The van der Waals surface area contributed by atoms with Gasteiger partial charge in [-0.2, -0.15) is 0 Å². The molecule has 5 nitrogen and oxygen atoms in total. The SMILES string of the molecule is O=C(NC1CCCCC1)C1CCN(c2nc3ccccc3n2CC2CCCCC2)CC1. The summed E-state index contributed by atoms with van der Waals surface area (Å²) in [6.07, 6.45) is 14.9. The molecule has 1 aromatic carbocycles. The van der Waals surface area contributed by atoms with Gasteiger partial charge in [-0.05, 0) is 56.6 Å². The van der Waals surface area contributed by atoms with Gasteiger partial charge in [0.15, 0.2) is 0 Å². The number of carbonyl (C=O) groups excluding carboxylic acids is 1. The molecule has 1 N–H and O–H groups in total. The van der Waals surface area contributed by atoms with Crippen LogP contribution in [-0.2, 0) is 11.3 Å². The number of fused-ring (bicyclic) bond motifs is 1. The monoisotopic (exact) mass is 422 g/mol. The topological polar surface area (TPSA) is 50.2 Å². The third-order valence-electron chi connectivity index (χ3n) is 7.90. The molecule has 0 atom stereocenters. The zero-order chi connectivity index (χ0) is 21.0. The van der Waals surface area contributed by atoms with E-state index in [2.05, 4.69) is 39.0 Å². The molecule has 31 heavy (non-hydrogen) atoms. The second-order valence-electron chi connectivity index (χ2n) is 10.1. The van der Waals surface area contributed by atoms with E-state index >= 15 is 0 Å². The van der Waals surface area contributed by atoms with Gasteiger partial charge < -0.3 is 14.8 Å². The third-order valence-corrected chi connectivity index (χ3v) is 7.90. The lowest BCUT2D eigenvalue weighted by Gasteiger charge is -2.34. The van der Waals surface area contributed by atoms with E-state index in [4.69, 9.17) is 4.98 Å². The quantitative estimate of drug-likeness (QED) is 0.713. The number of aromatic nitrogens is 2. The minimum absolute atomic E-state index is 0.161. The molecular formula is C26H38N4O. The maximum atomic E-state index is 12.8. The Labute approximate surface area is 186 Å². The van der Waals surface area contributed by atoms with Crippen molar-refractivity contribution in [3.63, 3.8) is 0 Å². The molecule has 2 aliphatic carbocycles. The molecule has 1 amide bonds. The van der Waals surface area contributed by atoms with Crippen molar-refractivity contribution in [3.8, 4) is 0 Å². The summed E-state index contributed by atoms with van der Waals surface area (Å²) in [4.78, 5) is 20.3.